The third kappa shape index (κ3) is 2.69. The van der Waals surface area contributed by atoms with E-state index >= 15 is 0 Å². The molecule has 3 heteroatoms. The van der Waals surface area contributed by atoms with Crippen molar-refractivity contribution in [2.24, 2.45) is 17.4 Å². The Morgan fingerprint density at radius 2 is 1.92 bits per heavy atom. The molecule has 1 rings (SSSR count). The second-order valence-electron chi connectivity index (χ2n) is 4.37. The van der Waals surface area contributed by atoms with Crippen LogP contribution in [0.2, 0.25) is 0 Å². The first-order valence-corrected chi connectivity index (χ1v) is 5.12. The molecule has 3 nitrogen and oxygen atoms in total. The van der Waals surface area contributed by atoms with E-state index in [0.29, 0.717) is 6.42 Å². The van der Waals surface area contributed by atoms with Gasteiger partial charge in [0.05, 0.1) is 0 Å². The molecule has 0 heterocycles. The van der Waals surface area contributed by atoms with Crippen molar-refractivity contribution >= 4 is 5.91 Å². The Hall–Kier alpha value is -0.570. The number of nitrogens with two attached hydrogens (primary N) is 2. The van der Waals surface area contributed by atoms with Gasteiger partial charge >= 0.3 is 0 Å². The van der Waals surface area contributed by atoms with Gasteiger partial charge in [0.25, 0.3) is 0 Å². The Balaban J connectivity index is 2.51. The van der Waals surface area contributed by atoms with Crippen LogP contribution in [-0.4, -0.2) is 11.4 Å². The van der Waals surface area contributed by atoms with Gasteiger partial charge in [0.1, 0.15) is 0 Å². The van der Waals surface area contributed by atoms with Crippen molar-refractivity contribution in [3.8, 4) is 0 Å². The molecule has 1 aliphatic carbocycles. The summed E-state index contributed by atoms with van der Waals surface area (Å²) < 4.78 is 0. The fourth-order valence-electron chi connectivity index (χ4n) is 2.21. The molecule has 0 bridgehead atoms. The number of primary amides is 1. The summed E-state index contributed by atoms with van der Waals surface area (Å²) in [5.41, 5.74) is 11.3. The van der Waals surface area contributed by atoms with Gasteiger partial charge in [-0.2, -0.15) is 0 Å². The molecule has 0 aromatic heterocycles. The first kappa shape index (κ1) is 10.5. The summed E-state index contributed by atoms with van der Waals surface area (Å²) >= 11 is 0. The van der Waals surface area contributed by atoms with E-state index in [-0.39, 0.29) is 17.4 Å². The van der Waals surface area contributed by atoms with Gasteiger partial charge in [-0.3, -0.25) is 4.79 Å². The smallest absolute Gasteiger partial charge is 0.217 e. The molecule has 1 atom stereocenters. The highest BCUT2D eigenvalue weighted by atomic mass is 16.1. The minimum absolute atomic E-state index is 0.132. The predicted octanol–water partition coefficient (Wildman–Crippen LogP) is 1.16. The number of carbonyl (C=O) groups excluding carboxylic acids is 1. The summed E-state index contributed by atoms with van der Waals surface area (Å²) in [6.45, 7) is 2.04. The molecular formula is C10H20N2O. The van der Waals surface area contributed by atoms with Crippen molar-refractivity contribution in [2.45, 2.75) is 51.0 Å². The summed E-state index contributed by atoms with van der Waals surface area (Å²) in [6.07, 6.45) is 6.18. The van der Waals surface area contributed by atoms with E-state index in [2.05, 4.69) is 0 Å². The second kappa shape index (κ2) is 4.09. The third-order valence-corrected chi connectivity index (χ3v) is 3.27. The molecule has 0 radical (unpaired) electrons. The van der Waals surface area contributed by atoms with E-state index in [1.54, 1.807) is 0 Å². The molecule has 1 saturated carbocycles. The Labute approximate surface area is 79.9 Å². The molecule has 0 aliphatic heterocycles. The number of hydrogen-bond acceptors (Lipinski definition) is 2. The predicted molar refractivity (Wildman–Crippen MR) is 53.0 cm³/mol. The van der Waals surface area contributed by atoms with Gasteiger partial charge in [-0.05, 0) is 18.8 Å². The van der Waals surface area contributed by atoms with Crippen LogP contribution in [0.3, 0.4) is 0 Å². The number of rotatable bonds is 3. The molecule has 76 valence electrons. The first-order valence-electron chi connectivity index (χ1n) is 5.12. The van der Waals surface area contributed by atoms with E-state index in [0.717, 1.165) is 12.8 Å². The van der Waals surface area contributed by atoms with Crippen LogP contribution in [-0.2, 0) is 4.79 Å². The van der Waals surface area contributed by atoms with Crippen molar-refractivity contribution in [1.82, 2.24) is 0 Å². The zero-order valence-corrected chi connectivity index (χ0v) is 8.38. The van der Waals surface area contributed by atoms with Gasteiger partial charge in [-0.1, -0.05) is 26.2 Å². The highest BCUT2D eigenvalue weighted by molar-refractivity contribution is 5.74. The van der Waals surface area contributed by atoms with Crippen LogP contribution in [0, 0.1) is 5.92 Å². The van der Waals surface area contributed by atoms with Crippen LogP contribution in [0.4, 0.5) is 0 Å². The van der Waals surface area contributed by atoms with Gasteiger partial charge in [-0.15, -0.1) is 0 Å². The molecule has 1 unspecified atom stereocenters. The van der Waals surface area contributed by atoms with Crippen LogP contribution in [0.1, 0.15) is 45.4 Å². The lowest BCUT2D eigenvalue weighted by Gasteiger charge is -2.38. The van der Waals surface area contributed by atoms with Gasteiger partial charge in [0, 0.05) is 12.0 Å². The normalized spacial score (nSPS) is 23.8. The van der Waals surface area contributed by atoms with Crippen LogP contribution in [0.5, 0.6) is 0 Å². The highest BCUT2D eigenvalue weighted by Gasteiger charge is 2.33. The zero-order chi connectivity index (χ0) is 9.90. The lowest BCUT2D eigenvalue weighted by Crippen LogP contribution is -2.48. The molecule has 0 aromatic carbocycles. The van der Waals surface area contributed by atoms with E-state index in [1.807, 2.05) is 6.92 Å². The molecule has 0 saturated heterocycles. The van der Waals surface area contributed by atoms with E-state index in [1.165, 1.54) is 19.3 Å². The third-order valence-electron chi connectivity index (χ3n) is 3.27. The lowest BCUT2D eigenvalue weighted by molar-refractivity contribution is -0.119. The summed E-state index contributed by atoms with van der Waals surface area (Å²) in [4.78, 5) is 10.8. The fourth-order valence-corrected chi connectivity index (χ4v) is 2.21. The van der Waals surface area contributed by atoms with Crippen LogP contribution in [0.15, 0.2) is 0 Å². The van der Waals surface area contributed by atoms with Crippen molar-refractivity contribution in [3.05, 3.63) is 0 Å². The number of carbonyl (C=O) groups is 1. The van der Waals surface area contributed by atoms with Crippen molar-refractivity contribution in [3.63, 3.8) is 0 Å². The monoisotopic (exact) mass is 184 g/mol. The second-order valence-corrected chi connectivity index (χ2v) is 4.37. The molecule has 4 N–H and O–H groups in total. The topological polar surface area (TPSA) is 69.1 Å². The van der Waals surface area contributed by atoms with Gasteiger partial charge in [-0.25, -0.2) is 0 Å². The summed E-state index contributed by atoms with van der Waals surface area (Å²) in [5, 5.41) is 0. The molecule has 0 aromatic rings. The minimum atomic E-state index is -0.233. The quantitative estimate of drug-likeness (QED) is 0.691. The first-order chi connectivity index (χ1) is 6.04. The molecule has 1 amide bonds. The van der Waals surface area contributed by atoms with Crippen LogP contribution < -0.4 is 11.5 Å². The van der Waals surface area contributed by atoms with E-state index in [4.69, 9.17) is 11.5 Å². The van der Waals surface area contributed by atoms with Gasteiger partial charge < -0.3 is 11.5 Å². The lowest BCUT2D eigenvalue weighted by atomic mass is 9.73. The average molecular weight is 184 g/mol. The number of amides is 1. The fraction of sp³-hybridized carbons (Fsp3) is 0.900. The Morgan fingerprint density at radius 3 is 2.38 bits per heavy atom. The molecule has 13 heavy (non-hydrogen) atoms. The SMILES string of the molecule is CC(CC(N)=O)C1(N)CCCCC1. The maximum absolute atomic E-state index is 10.8. The Bertz CT molecular complexity index is 185. The van der Waals surface area contributed by atoms with Crippen molar-refractivity contribution in [1.29, 1.82) is 0 Å². The minimum Gasteiger partial charge on any atom is -0.370 e. The Kier molecular flexibility index (Phi) is 3.31. The maximum atomic E-state index is 10.8. The van der Waals surface area contributed by atoms with Crippen LogP contribution in [0.25, 0.3) is 0 Å². The molecule has 1 aliphatic rings. The molecular weight excluding hydrogens is 164 g/mol. The van der Waals surface area contributed by atoms with Gasteiger partial charge in [0.2, 0.25) is 5.91 Å². The van der Waals surface area contributed by atoms with E-state index < -0.39 is 0 Å². The molecule has 1 fully saturated rings. The summed E-state index contributed by atoms with van der Waals surface area (Å²) in [7, 11) is 0. The largest absolute Gasteiger partial charge is 0.370 e. The number of hydrogen-bond donors (Lipinski definition) is 2. The van der Waals surface area contributed by atoms with E-state index in [9.17, 15) is 4.79 Å². The standard InChI is InChI=1S/C10H20N2O/c1-8(7-9(11)13)10(12)5-3-2-4-6-10/h8H,2-7,12H2,1H3,(H2,11,13). The average Bonchev–Trinajstić information content (AvgIpc) is 2.04. The Morgan fingerprint density at radius 1 is 1.38 bits per heavy atom. The highest BCUT2D eigenvalue weighted by Crippen LogP contribution is 2.33. The van der Waals surface area contributed by atoms with Crippen molar-refractivity contribution < 1.29 is 4.79 Å². The summed E-state index contributed by atoms with van der Waals surface area (Å²) in [5.74, 6) is -0.00630. The maximum Gasteiger partial charge on any atom is 0.217 e. The summed E-state index contributed by atoms with van der Waals surface area (Å²) in [6, 6.07) is 0. The van der Waals surface area contributed by atoms with Crippen molar-refractivity contribution in [2.75, 3.05) is 0 Å². The molecule has 0 spiro atoms. The van der Waals surface area contributed by atoms with Gasteiger partial charge in [0.15, 0.2) is 0 Å². The zero-order valence-electron chi connectivity index (χ0n) is 8.38. The van der Waals surface area contributed by atoms with Crippen LogP contribution >= 0.6 is 0 Å².